The fourth-order valence-electron chi connectivity index (χ4n) is 4.89. The number of hydrogen-bond donors (Lipinski definition) is 1. The van der Waals surface area contributed by atoms with Crippen LogP contribution < -0.4 is 5.32 Å². The van der Waals surface area contributed by atoms with Crippen molar-refractivity contribution in [1.29, 1.82) is 5.26 Å². The Morgan fingerprint density at radius 1 is 1.10 bits per heavy atom. The van der Waals surface area contributed by atoms with Gasteiger partial charge in [0.25, 0.3) is 0 Å². The summed E-state index contributed by atoms with van der Waals surface area (Å²) in [5.74, 6) is 0.878. The third-order valence-electron chi connectivity index (χ3n) is 6.39. The molecule has 2 aliphatic rings. The maximum absolute atomic E-state index is 12.0. The number of imide groups is 1. The first kappa shape index (κ1) is 18.6. The second kappa shape index (κ2) is 7.13. The van der Waals surface area contributed by atoms with Gasteiger partial charge in [-0.2, -0.15) is 5.26 Å². The maximum atomic E-state index is 12.0. The van der Waals surface area contributed by atoms with Crippen LogP contribution in [0.5, 0.6) is 0 Å². The summed E-state index contributed by atoms with van der Waals surface area (Å²) in [6.45, 7) is 1.94. The van der Waals surface area contributed by atoms with E-state index in [-0.39, 0.29) is 23.9 Å². The quantitative estimate of drug-likeness (QED) is 0.678. The molecule has 3 heterocycles. The van der Waals surface area contributed by atoms with E-state index in [1.807, 2.05) is 41.7 Å². The molecule has 2 aromatic heterocycles. The molecule has 1 aromatic carbocycles. The van der Waals surface area contributed by atoms with Gasteiger partial charge in [-0.1, -0.05) is 12.1 Å². The molecule has 3 aromatic rings. The number of nitriles is 1. The summed E-state index contributed by atoms with van der Waals surface area (Å²) in [7, 11) is 0. The number of aromatic nitrogens is 2. The van der Waals surface area contributed by atoms with Crippen molar-refractivity contribution in [1.82, 2.24) is 14.3 Å². The molecule has 1 saturated carbocycles. The molecule has 1 saturated heterocycles. The van der Waals surface area contributed by atoms with Gasteiger partial charge in [-0.05, 0) is 56.4 Å². The molecule has 2 amide bonds. The molecule has 0 atom stereocenters. The highest BCUT2D eigenvalue weighted by atomic mass is 16.2. The summed E-state index contributed by atoms with van der Waals surface area (Å²) in [4.78, 5) is 30.3. The van der Waals surface area contributed by atoms with Crippen molar-refractivity contribution < 1.29 is 9.59 Å². The highest BCUT2D eigenvalue weighted by Gasteiger charge is 2.37. The Labute approximate surface area is 174 Å². The van der Waals surface area contributed by atoms with Crippen LogP contribution in [0.25, 0.3) is 16.7 Å². The van der Waals surface area contributed by atoms with Crippen LogP contribution in [-0.2, 0) is 9.59 Å². The van der Waals surface area contributed by atoms with Crippen molar-refractivity contribution in [3.05, 3.63) is 41.5 Å². The molecular weight excluding hydrogens is 378 g/mol. The molecule has 0 unspecified atom stereocenters. The number of rotatable bonds is 3. The minimum absolute atomic E-state index is 0.0225. The van der Waals surface area contributed by atoms with Crippen LogP contribution in [0.15, 0.2) is 30.3 Å². The second-order valence-corrected chi connectivity index (χ2v) is 8.27. The maximum Gasteiger partial charge on any atom is 0.229 e. The van der Waals surface area contributed by atoms with Gasteiger partial charge in [0.05, 0.1) is 16.6 Å². The number of carbonyl (C=O) groups excluding carboxylic acids is 2. The monoisotopic (exact) mass is 401 g/mol. The summed E-state index contributed by atoms with van der Waals surface area (Å²) in [6.07, 6.45) is 4.11. The average Bonchev–Trinajstić information content (AvgIpc) is 3.29. The Hall–Kier alpha value is -3.40. The first-order chi connectivity index (χ1) is 14.6. The fourth-order valence-corrected chi connectivity index (χ4v) is 4.89. The number of amides is 2. The number of aryl methyl sites for hydroxylation is 1. The minimum atomic E-state index is -0.0225. The lowest BCUT2D eigenvalue weighted by atomic mass is 9.90. The van der Waals surface area contributed by atoms with Gasteiger partial charge >= 0.3 is 0 Å². The first-order valence-corrected chi connectivity index (χ1v) is 10.5. The number of carbonyl (C=O) groups is 2. The van der Waals surface area contributed by atoms with Crippen molar-refractivity contribution in [2.45, 2.75) is 57.5 Å². The zero-order valence-corrected chi connectivity index (χ0v) is 16.9. The lowest BCUT2D eigenvalue weighted by Crippen LogP contribution is -2.43. The Bertz CT molecular complexity index is 1200. The zero-order valence-electron chi connectivity index (χ0n) is 16.9. The van der Waals surface area contributed by atoms with Gasteiger partial charge in [0.15, 0.2) is 5.65 Å². The molecule has 0 spiro atoms. The van der Waals surface area contributed by atoms with Crippen molar-refractivity contribution in [3.63, 3.8) is 0 Å². The topological polar surface area (TPSA) is 90.5 Å². The van der Waals surface area contributed by atoms with Crippen LogP contribution in [-0.4, -0.2) is 38.2 Å². The van der Waals surface area contributed by atoms with E-state index in [2.05, 4.69) is 11.4 Å². The Morgan fingerprint density at radius 2 is 1.80 bits per heavy atom. The smallest absolute Gasteiger partial charge is 0.229 e. The molecule has 7 heteroatoms. The average molecular weight is 401 g/mol. The molecule has 152 valence electrons. The summed E-state index contributed by atoms with van der Waals surface area (Å²) >= 11 is 0. The third kappa shape index (κ3) is 2.91. The van der Waals surface area contributed by atoms with Gasteiger partial charge in [-0.25, -0.2) is 4.98 Å². The number of nitrogens with one attached hydrogen (secondary N) is 1. The lowest BCUT2D eigenvalue weighted by molar-refractivity contribution is -0.141. The predicted molar refractivity (Wildman–Crippen MR) is 113 cm³/mol. The molecule has 1 aliphatic heterocycles. The van der Waals surface area contributed by atoms with E-state index in [1.165, 1.54) is 4.90 Å². The molecule has 5 rings (SSSR count). The van der Waals surface area contributed by atoms with Crippen LogP contribution in [0.3, 0.4) is 0 Å². The fraction of sp³-hybridized carbons (Fsp3) is 0.391. The number of fused-ring (bicyclic) bond motifs is 3. The molecule has 1 N–H and O–H groups in total. The summed E-state index contributed by atoms with van der Waals surface area (Å²) in [5, 5.41) is 13.3. The molecule has 2 fully saturated rings. The summed E-state index contributed by atoms with van der Waals surface area (Å²) in [6, 6.07) is 12.5. The van der Waals surface area contributed by atoms with Crippen molar-refractivity contribution in [2.24, 2.45) is 0 Å². The molecule has 7 nitrogen and oxygen atoms in total. The van der Waals surface area contributed by atoms with E-state index >= 15 is 0 Å². The van der Waals surface area contributed by atoms with E-state index in [4.69, 9.17) is 4.98 Å². The highest BCUT2D eigenvalue weighted by Crippen LogP contribution is 2.31. The molecule has 30 heavy (non-hydrogen) atoms. The number of para-hydroxylation sites is 2. The van der Waals surface area contributed by atoms with Crippen molar-refractivity contribution in [2.75, 3.05) is 5.32 Å². The van der Waals surface area contributed by atoms with Crippen molar-refractivity contribution >= 4 is 34.3 Å². The van der Waals surface area contributed by atoms with E-state index in [0.717, 1.165) is 48.1 Å². The lowest BCUT2D eigenvalue weighted by Gasteiger charge is -2.34. The van der Waals surface area contributed by atoms with Gasteiger partial charge in [-0.15, -0.1) is 0 Å². The Morgan fingerprint density at radius 3 is 2.50 bits per heavy atom. The van der Waals surface area contributed by atoms with Crippen LogP contribution >= 0.6 is 0 Å². The molecular formula is C23H23N5O2. The van der Waals surface area contributed by atoms with E-state index < -0.39 is 0 Å². The number of nitrogens with zero attached hydrogens (tertiary/aromatic N) is 4. The zero-order chi connectivity index (χ0) is 20.8. The normalized spacial score (nSPS) is 22.1. The Kier molecular flexibility index (Phi) is 4.43. The standard InChI is InChI=1S/C23H23N5O2/c1-14-12-20(28-19-5-3-2-4-18(19)26-23(28)17(14)13-24)25-15-6-8-16(9-7-15)27-21(29)10-11-22(27)30/h2-5,12,15-16,25H,6-11H2,1H3. The van der Waals surface area contributed by atoms with E-state index in [1.54, 1.807) is 0 Å². The number of pyridine rings is 1. The summed E-state index contributed by atoms with van der Waals surface area (Å²) < 4.78 is 2.03. The highest BCUT2D eigenvalue weighted by molar-refractivity contribution is 6.02. The van der Waals surface area contributed by atoms with Gasteiger partial charge in [0.2, 0.25) is 11.8 Å². The van der Waals surface area contributed by atoms with Crippen LogP contribution in [0.2, 0.25) is 0 Å². The number of benzene rings is 1. The van der Waals surface area contributed by atoms with Gasteiger partial charge in [-0.3, -0.25) is 18.9 Å². The van der Waals surface area contributed by atoms with E-state index in [0.29, 0.717) is 24.1 Å². The van der Waals surface area contributed by atoms with Crippen molar-refractivity contribution in [3.8, 4) is 6.07 Å². The van der Waals surface area contributed by atoms with Crippen LogP contribution in [0.4, 0.5) is 5.82 Å². The first-order valence-electron chi connectivity index (χ1n) is 10.5. The van der Waals surface area contributed by atoms with Gasteiger partial charge < -0.3 is 5.32 Å². The molecule has 1 aliphatic carbocycles. The second-order valence-electron chi connectivity index (χ2n) is 8.27. The summed E-state index contributed by atoms with van der Waals surface area (Å²) in [5.41, 5.74) is 3.98. The van der Waals surface area contributed by atoms with Gasteiger partial charge in [0, 0.05) is 24.9 Å². The van der Waals surface area contributed by atoms with Crippen LogP contribution in [0.1, 0.15) is 49.7 Å². The number of likely N-dealkylation sites (tertiary alicyclic amines) is 1. The van der Waals surface area contributed by atoms with Gasteiger partial charge in [0.1, 0.15) is 11.9 Å². The number of hydrogen-bond acceptors (Lipinski definition) is 5. The molecule has 0 radical (unpaired) electrons. The Balaban J connectivity index is 1.43. The third-order valence-corrected chi connectivity index (χ3v) is 6.39. The minimum Gasteiger partial charge on any atom is -0.368 e. The van der Waals surface area contributed by atoms with E-state index in [9.17, 15) is 14.9 Å². The SMILES string of the molecule is Cc1cc(NC2CCC(N3C(=O)CCC3=O)CC2)n2c(nc3ccccc32)c1C#N. The van der Waals surface area contributed by atoms with Crippen LogP contribution in [0, 0.1) is 18.3 Å². The predicted octanol–water partition coefficient (Wildman–Crippen LogP) is 3.54. The largest absolute Gasteiger partial charge is 0.368 e. The molecule has 0 bridgehead atoms. The number of imidazole rings is 1. The number of anilines is 1.